The molecule has 7 nitrogen and oxygen atoms in total. The number of methoxy groups -OCH3 is 1. The molecule has 3 rings (SSSR count). The fourth-order valence-electron chi connectivity index (χ4n) is 3.14. The Hall–Kier alpha value is -3.06. The first kappa shape index (κ1) is 17.8. The van der Waals surface area contributed by atoms with E-state index in [1.165, 1.54) is 18.2 Å². The van der Waals surface area contributed by atoms with Crippen LogP contribution in [-0.4, -0.2) is 48.6 Å². The smallest absolute Gasteiger partial charge is 0.200 e. The van der Waals surface area contributed by atoms with Crippen molar-refractivity contribution in [3.63, 3.8) is 0 Å². The topological polar surface area (TPSA) is 108 Å². The van der Waals surface area contributed by atoms with Gasteiger partial charge in [-0.15, -0.1) is 0 Å². The van der Waals surface area contributed by atoms with E-state index in [1.54, 1.807) is 13.2 Å². The third-order valence-corrected chi connectivity index (χ3v) is 4.26. The maximum atomic E-state index is 13.1. The molecule has 26 heavy (non-hydrogen) atoms. The van der Waals surface area contributed by atoms with Crippen molar-refractivity contribution >= 4 is 22.9 Å². The number of carbonyl (C=O) groups is 2. The molecule has 0 saturated heterocycles. The largest absolute Gasteiger partial charge is 0.507 e. The van der Waals surface area contributed by atoms with Gasteiger partial charge in [-0.05, 0) is 31.2 Å². The number of hydrogen-bond acceptors (Lipinski definition) is 7. The Morgan fingerprint density at radius 1 is 0.846 bits per heavy atom. The number of hydrogen-bond donors (Lipinski definition) is 4. The van der Waals surface area contributed by atoms with Crippen LogP contribution in [0.3, 0.4) is 0 Å². The highest BCUT2D eigenvalue weighted by molar-refractivity contribution is 6.33. The predicted octanol–water partition coefficient (Wildman–Crippen LogP) is 2.36. The quantitative estimate of drug-likeness (QED) is 0.397. The summed E-state index contributed by atoms with van der Waals surface area (Å²) in [4.78, 5) is 26.2. The van der Waals surface area contributed by atoms with Crippen LogP contribution in [0.5, 0.6) is 11.5 Å². The van der Waals surface area contributed by atoms with E-state index < -0.39 is 11.6 Å². The molecule has 1 aliphatic rings. The monoisotopic (exact) mass is 356 g/mol. The lowest BCUT2D eigenvalue weighted by molar-refractivity contribution is 0.0975. The SMILES string of the molecule is CCNc1ccc(O)c2c1C(=O)c1c(O)ccc(NCCOC)c1C2=O. The molecule has 0 unspecified atom stereocenters. The Kier molecular flexibility index (Phi) is 4.81. The molecule has 7 heteroatoms. The van der Waals surface area contributed by atoms with Gasteiger partial charge in [-0.2, -0.15) is 0 Å². The van der Waals surface area contributed by atoms with Crippen LogP contribution in [0.25, 0.3) is 0 Å². The first-order valence-electron chi connectivity index (χ1n) is 8.29. The third-order valence-electron chi connectivity index (χ3n) is 4.26. The molecule has 0 aliphatic heterocycles. The van der Waals surface area contributed by atoms with Gasteiger partial charge in [-0.25, -0.2) is 0 Å². The Labute approximate surface area is 150 Å². The zero-order chi connectivity index (χ0) is 18.8. The molecule has 0 amide bonds. The molecule has 0 aromatic heterocycles. The Bertz CT molecular complexity index is 892. The molecule has 0 heterocycles. The summed E-state index contributed by atoms with van der Waals surface area (Å²) in [6.45, 7) is 3.23. The molecular weight excluding hydrogens is 336 g/mol. The number of fused-ring (bicyclic) bond motifs is 2. The summed E-state index contributed by atoms with van der Waals surface area (Å²) in [6.07, 6.45) is 0. The van der Waals surface area contributed by atoms with Gasteiger partial charge in [0, 0.05) is 31.6 Å². The number of carbonyl (C=O) groups excluding carboxylic acids is 2. The molecular formula is C19H20N2O5. The Balaban J connectivity index is 2.21. The van der Waals surface area contributed by atoms with E-state index in [-0.39, 0.29) is 33.8 Å². The van der Waals surface area contributed by atoms with Gasteiger partial charge in [0.15, 0.2) is 0 Å². The summed E-state index contributed by atoms with van der Waals surface area (Å²) < 4.78 is 4.99. The van der Waals surface area contributed by atoms with Crippen molar-refractivity contribution in [2.75, 3.05) is 37.4 Å². The lowest BCUT2D eigenvalue weighted by Crippen LogP contribution is -2.25. The van der Waals surface area contributed by atoms with Gasteiger partial charge in [0.25, 0.3) is 0 Å². The molecule has 0 bridgehead atoms. The summed E-state index contributed by atoms with van der Waals surface area (Å²) in [6, 6.07) is 5.84. The molecule has 0 saturated carbocycles. The van der Waals surface area contributed by atoms with E-state index in [2.05, 4.69) is 10.6 Å². The van der Waals surface area contributed by atoms with Crippen molar-refractivity contribution < 1.29 is 24.5 Å². The van der Waals surface area contributed by atoms with Crippen LogP contribution in [0.1, 0.15) is 38.8 Å². The van der Waals surface area contributed by atoms with Crippen LogP contribution in [0.2, 0.25) is 0 Å². The van der Waals surface area contributed by atoms with Crippen LogP contribution in [0.15, 0.2) is 24.3 Å². The van der Waals surface area contributed by atoms with Gasteiger partial charge in [-0.1, -0.05) is 0 Å². The fraction of sp³-hybridized carbons (Fsp3) is 0.263. The third kappa shape index (κ3) is 2.76. The van der Waals surface area contributed by atoms with Crippen LogP contribution in [0, 0.1) is 0 Å². The zero-order valence-electron chi connectivity index (χ0n) is 14.5. The van der Waals surface area contributed by atoms with Crippen molar-refractivity contribution in [3.8, 4) is 11.5 Å². The summed E-state index contributed by atoms with van der Waals surface area (Å²) in [7, 11) is 1.55. The fourth-order valence-corrected chi connectivity index (χ4v) is 3.14. The second-order valence-electron chi connectivity index (χ2n) is 5.87. The van der Waals surface area contributed by atoms with E-state index in [4.69, 9.17) is 4.74 Å². The molecule has 136 valence electrons. The molecule has 0 radical (unpaired) electrons. The zero-order valence-corrected chi connectivity index (χ0v) is 14.5. The molecule has 0 fully saturated rings. The second kappa shape index (κ2) is 7.05. The minimum atomic E-state index is -0.511. The van der Waals surface area contributed by atoms with Crippen LogP contribution in [-0.2, 0) is 4.74 Å². The predicted molar refractivity (Wildman–Crippen MR) is 97.6 cm³/mol. The van der Waals surface area contributed by atoms with Gasteiger partial charge in [0.05, 0.1) is 28.9 Å². The summed E-state index contributed by atoms with van der Waals surface area (Å²) in [5.41, 5.74) is 0.876. The highest BCUT2D eigenvalue weighted by Crippen LogP contribution is 2.42. The van der Waals surface area contributed by atoms with Gasteiger partial charge in [0.1, 0.15) is 11.5 Å². The lowest BCUT2D eigenvalue weighted by atomic mass is 9.81. The Morgan fingerprint density at radius 2 is 1.35 bits per heavy atom. The first-order chi connectivity index (χ1) is 12.5. The van der Waals surface area contributed by atoms with Gasteiger partial charge >= 0.3 is 0 Å². The maximum Gasteiger partial charge on any atom is 0.200 e. The molecule has 0 spiro atoms. The second-order valence-corrected chi connectivity index (χ2v) is 5.87. The summed E-state index contributed by atoms with van der Waals surface area (Å²) >= 11 is 0. The lowest BCUT2D eigenvalue weighted by Gasteiger charge is -2.24. The van der Waals surface area contributed by atoms with E-state index in [0.29, 0.717) is 31.1 Å². The highest BCUT2D eigenvalue weighted by atomic mass is 16.5. The van der Waals surface area contributed by atoms with Crippen LogP contribution < -0.4 is 10.6 Å². The number of phenols is 2. The minimum Gasteiger partial charge on any atom is -0.507 e. The maximum absolute atomic E-state index is 13.1. The van der Waals surface area contributed by atoms with Crippen molar-refractivity contribution in [1.29, 1.82) is 0 Å². The van der Waals surface area contributed by atoms with E-state index >= 15 is 0 Å². The minimum absolute atomic E-state index is 0.0543. The van der Waals surface area contributed by atoms with Crippen molar-refractivity contribution in [2.24, 2.45) is 0 Å². The number of phenolic OH excluding ortho intramolecular Hbond substituents is 2. The number of aromatic hydroxyl groups is 2. The van der Waals surface area contributed by atoms with Crippen LogP contribution in [0.4, 0.5) is 11.4 Å². The van der Waals surface area contributed by atoms with Crippen molar-refractivity contribution in [3.05, 3.63) is 46.5 Å². The van der Waals surface area contributed by atoms with Gasteiger partial charge in [0.2, 0.25) is 11.6 Å². The van der Waals surface area contributed by atoms with Gasteiger partial charge in [-0.3, -0.25) is 9.59 Å². The van der Waals surface area contributed by atoms with E-state index in [9.17, 15) is 19.8 Å². The summed E-state index contributed by atoms with van der Waals surface area (Å²) in [5.74, 6) is -1.55. The highest BCUT2D eigenvalue weighted by Gasteiger charge is 2.37. The average molecular weight is 356 g/mol. The number of ether oxygens (including phenoxy) is 1. The van der Waals surface area contributed by atoms with E-state index in [0.717, 1.165) is 0 Å². The Morgan fingerprint density at radius 3 is 1.81 bits per heavy atom. The van der Waals surface area contributed by atoms with Crippen molar-refractivity contribution in [1.82, 2.24) is 0 Å². The molecule has 1 aliphatic carbocycles. The number of nitrogens with one attached hydrogen (secondary N) is 2. The first-order valence-corrected chi connectivity index (χ1v) is 8.29. The number of benzene rings is 2. The number of anilines is 2. The molecule has 4 N–H and O–H groups in total. The molecule has 2 aromatic carbocycles. The van der Waals surface area contributed by atoms with E-state index in [1.807, 2.05) is 6.92 Å². The van der Waals surface area contributed by atoms with Crippen molar-refractivity contribution in [2.45, 2.75) is 6.92 Å². The molecule has 2 aromatic rings. The summed E-state index contributed by atoms with van der Waals surface area (Å²) in [5, 5.41) is 26.5. The normalized spacial score (nSPS) is 12.5. The van der Waals surface area contributed by atoms with Crippen LogP contribution >= 0.6 is 0 Å². The van der Waals surface area contributed by atoms with Gasteiger partial charge < -0.3 is 25.6 Å². The standard InChI is InChI=1S/C19H20N2O5/c1-3-20-10-4-6-12(22)16-14(10)18(24)17-13(23)7-5-11(15(17)19(16)25)21-8-9-26-2/h4-7,20-23H,3,8-9H2,1-2H3. The number of ketones is 2. The average Bonchev–Trinajstić information content (AvgIpc) is 2.62. The number of rotatable bonds is 6. The molecule has 0 atom stereocenters.